The summed E-state index contributed by atoms with van der Waals surface area (Å²) in [6.45, 7) is 0. The minimum atomic E-state index is -4.24. The Labute approximate surface area is 83.2 Å². The first-order valence-corrected chi connectivity index (χ1v) is 6.62. The van der Waals surface area contributed by atoms with Gasteiger partial charge >= 0.3 is 15.2 Å². The zero-order chi connectivity index (χ0) is 9.83. The third kappa shape index (κ3) is 4.42. The maximum atomic E-state index is 10.9. The van der Waals surface area contributed by atoms with Crippen molar-refractivity contribution in [3.05, 3.63) is 0 Å². The highest BCUT2D eigenvalue weighted by molar-refractivity contribution is 7.72. The van der Waals surface area contributed by atoms with Crippen molar-refractivity contribution in [1.29, 1.82) is 0 Å². The first-order valence-electron chi connectivity index (χ1n) is 2.21. The summed E-state index contributed by atoms with van der Waals surface area (Å²) in [5.41, 5.74) is 0. The summed E-state index contributed by atoms with van der Waals surface area (Å²) in [6.07, 6.45) is 0. The number of halogens is 3. The highest BCUT2D eigenvalue weighted by atomic mass is 35.5. The molecular formula is CH3Cl3O6P2. The van der Waals surface area contributed by atoms with Gasteiger partial charge in [-0.1, -0.05) is 0 Å². The lowest BCUT2D eigenvalue weighted by molar-refractivity contribution is 0.386. The van der Waals surface area contributed by atoms with Crippen LogP contribution in [0.5, 0.6) is 0 Å². The molecule has 1 unspecified atom stereocenters. The van der Waals surface area contributed by atoms with Gasteiger partial charge in [0.05, 0.1) is 35.6 Å². The Bertz CT molecular complexity index is 221. The second kappa shape index (κ2) is 5.15. The molecule has 1 N–H and O–H groups in total. The van der Waals surface area contributed by atoms with E-state index in [1.165, 1.54) is 0 Å². The van der Waals surface area contributed by atoms with Gasteiger partial charge in [0.2, 0.25) is 0 Å². The van der Waals surface area contributed by atoms with Crippen molar-refractivity contribution < 1.29 is 26.3 Å². The molecule has 0 aromatic rings. The van der Waals surface area contributed by atoms with Crippen molar-refractivity contribution >= 4 is 50.8 Å². The lowest BCUT2D eigenvalue weighted by Crippen LogP contribution is -1.91. The van der Waals surface area contributed by atoms with E-state index in [0.717, 1.165) is 0 Å². The summed E-state index contributed by atoms with van der Waals surface area (Å²) in [4.78, 5) is 8.67. The molecule has 0 saturated carbocycles. The van der Waals surface area contributed by atoms with Gasteiger partial charge in [-0.15, -0.1) is 0 Å². The zero-order valence-corrected chi connectivity index (χ0v) is 9.28. The molecule has 0 amide bonds. The van der Waals surface area contributed by atoms with Crippen LogP contribution in [0.15, 0.2) is 0 Å². The van der Waals surface area contributed by atoms with E-state index in [0.29, 0.717) is 0 Å². The fourth-order valence-corrected chi connectivity index (χ4v) is 4.02. The molecule has 11 heteroatoms. The van der Waals surface area contributed by atoms with Crippen molar-refractivity contribution in [2.75, 3.05) is 5.90 Å². The number of hydrogen-bond donors (Lipinski definition) is 1. The Balaban J connectivity index is 4.42. The Morgan fingerprint density at radius 2 is 1.50 bits per heavy atom. The van der Waals surface area contributed by atoms with Gasteiger partial charge in [-0.2, -0.15) is 12.2 Å². The van der Waals surface area contributed by atoms with E-state index < -0.39 is 21.1 Å². The van der Waals surface area contributed by atoms with E-state index in [-0.39, 0.29) is 0 Å². The third-order valence-corrected chi connectivity index (χ3v) is 6.03. The summed E-state index contributed by atoms with van der Waals surface area (Å²) >= 11 is 13.9. The average molecular weight is 279 g/mol. The van der Waals surface area contributed by atoms with E-state index in [2.05, 4.69) is 47.8 Å². The molecule has 0 heterocycles. The topological polar surface area (TPSA) is 82.1 Å². The van der Waals surface area contributed by atoms with E-state index in [4.69, 9.17) is 4.89 Å². The Morgan fingerprint density at radius 3 is 1.75 bits per heavy atom. The van der Waals surface area contributed by atoms with Gasteiger partial charge in [-0.25, -0.2) is 0 Å². The lowest BCUT2D eigenvalue weighted by atomic mass is 11.9. The molecule has 0 rings (SSSR count). The normalized spacial score (nSPS) is 17.3. The molecule has 0 spiro atoms. The predicted molar refractivity (Wildman–Crippen MR) is 43.1 cm³/mol. The molecule has 0 aliphatic heterocycles. The molecule has 12 heavy (non-hydrogen) atoms. The van der Waals surface area contributed by atoms with Gasteiger partial charge in [0.25, 0.3) is 0 Å². The molecule has 0 aromatic heterocycles. The van der Waals surface area contributed by atoms with Gasteiger partial charge in [-0.05, 0) is 0 Å². The first kappa shape index (κ1) is 13.2. The third-order valence-electron chi connectivity index (χ3n) is 0.670. The van der Waals surface area contributed by atoms with Crippen LogP contribution in [-0.4, -0.2) is 10.8 Å². The van der Waals surface area contributed by atoms with Crippen LogP contribution in [0.25, 0.3) is 0 Å². The fourth-order valence-electron chi connectivity index (χ4n) is 0.295. The van der Waals surface area contributed by atoms with Crippen LogP contribution in [0.1, 0.15) is 0 Å². The van der Waals surface area contributed by atoms with Gasteiger partial charge in [0.15, 0.2) is 5.90 Å². The smallest absolute Gasteiger partial charge is 0.323 e. The predicted octanol–water partition coefficient (Wildman–Crippen LogP) is 2.83. The molecule has 6 nitrogen and oxygen atoms in total. The standard InChI is InChI=1S/CH3Cl3O6P2/c2-8-11(5,6)1-12(7,9-3)10-4/h1H2,(H,5,6). The lowest BCUT2D eigenvalue weighted by Gasteiger charge is -2.10. The molecule has 0 aromatic carbocycles. The van der Waals surface area contributed by atoms with Gasteiger partial charge in [0, 0.05) is 0 Å². The molecule has 0 fully saturated rings. The summed E-state index contributed by atoms with van der Waals surface area (Å²) in [5, 5.41) is 0. The Kier molecular flexibility index (Phi) is 5.65. The molecular weight excluding hydrogens is 276 g/mol. The van der Waals surface area contributed by atoms with Crippen molar-refractivity contribution in [3.63, 3.8) is 0 Å². The van der Waals surface area contributed by atoms with E-state index in [1.807, 2.05) is 0 Å². The minimum absolute atomic E-state index is 1.03. The zero-order valence-electron chi connectivity index (χ0n) is 5.22. The first-order chi connectivity index (χ1) is 5.39. The quantitative estimate of drug-likeness (QED) is 0.779. The SMILES string of the molecule is O=P(O)(CP(=O)(OCl)OCl)OCl. The monoisotopic (exact) mass is 278 g/mol. The largest absolute Gasteiger partial charge is 0.375 e. The molecule has 0 aliphatic carbocycles. The Morgan fingerprint density at radius 1 is 1.08 bits per heavy atom. The molecule has 1 atom stereocenters. The van der Waals surface area contributed by atoms with Crippen LogP contribution < -0.4 is 0 Å². The maximum absolute atomic E-state index is 10.9. The van der Waals surface area contributed by atoms with Crippen LogP contribution >= 0.6 is 50.8 Å². The molecule has 74 valence electrons. The molecule has 0 bridgehead atoms. The van der Waals surface area contributed by atoms with Crippen molar-refractivity contribution in [2.45, 2.75) is 0 Å². The number of hydrogen-bond acceptors (Lipinski definition) is 5. The summed E-state index contributed by atoms with van der Waals surface area (Å²) in [5.74, 6) is -1.03. The van der Waals surface area contributed by atoms with Crippen LogP contribution in [0.2, 0.25) is 0 Å². The molecule has 0 aliphatic rings. The van der Waals surface area contributed by atoms with Crippen molar-refractivity contribution in [2.24, 2.45) is 0 Å². The van der Waals surface area contributed by atoms with Crippen LogP contribution in [0, 0.1) is 0 Å². The van der Waals surface area contributed by atoms with Crippen LogP contribution in [0.4, 0.5) is 0 Å². The minimum Gasteiger partial charge on any atom is -0.323 e. The van der Waals surface area contributed by atoms with E-state index in [9.17, 15) is 9.13 Å². The van der Waals surface area contributed by atoms with Crippen molar-refractivity contribution in [1.82, 2.24) is 0 Å². The highest BCUT2D eigenvalue weighted by Crippen LogP contribution is 2.63. The number of rotatable bonds is 5. The van der Waals surface area contributed by atoms with E-state index in [1.54, 1.807) is 0 Å². The van der Waals surface area contributed by atoms with Crippen molar-refractivity contribution in [3.8, 4) is 0 Å². The van der Waals surface area contributed by atoms with Gasteiger partial charge in [-0.3, -0.25) is 9.13 Å². The molecule has 0 radical (unpaired) electrons. The van der Waals surface area contributed by atoms with Gasteiger partial charge in [0.1, 0.15) is 0 Å². The summed E-state index contributed by atoms with van der Waals surface area (Å²) in [6, 6.07) is 0. The van der Waals surface area contributed by atoms with Crippen LogP contribution in [-0.2, 0) is 21.4 Å². The van der Waals surface area contributed by atoms with Crippen LogP contribution in [0.3, 0.4) is 0 Å². The van der Waals surface area contributed by atoms with E-state index >= 15 is 0 Å². The highest BCUT2D eigenvalue weighted by Gasteiger charge is 2.37. The average Bonchev–Trinajstić information content (AvgIpc) is 2.04. The second-order valence-electron chi connectivity index (χ2n) is 1.60. The second-order valence-corrected chi connectivity index (χ2v) is 6.88. The Hall–Kier alpha value is 1.17. The summed E-state index contributed by atoms with van der Waals surface area (Å²) in [7, 11) is -8.26. The van der Waals surface area contributed by atoms with Gasteiger partial charge < -0.3 is 4.89 Å². The molecule has 0 saturated heterocycles. The fraction of sp³-hybridized carbons (Fsp3) is 1.00. The maximum Gasteiger partial charge on any atom is 0.375 e. The summed E-state index contributed by atoms with van der Waals surface area (Å²) < 4.78 is 32.6.